The highest BCUT2D eigenvalue weighted by Gasteiger charge is 2.21. The van der Waals surface area contributed by atoms with Crippen molar-refractivity contribution >= 4 is 29.9 Å². The molecule has 0 aromatic heterocycles. The van der Waals surface area contributed by atoms with E-state index in [9.17, 15) is 8.78 Å². The smallest absolute Gasteiger partial charge is 0.387 e. The van der Waals surface area contributed by atoms with Gasteiger partial charge < -0.3 is 20.1 Å². The van der Waals surface area contributed by atoms with Crippen LogP contribution in [-0.2, 0) is 6.54 Å². The van der Waals surface area contributed by atoms with Crippen LogP contribution in [0.1, 0.15) is 38.7 Å². The van der Waals surface area contributed by atoms with Crippen LogP contribution in [-0.4, -0.2) is 56.8 Å². The fraction of sp³-hybridized carbons (Fsp3) is 0.650. The first-order valence-electron chi connectivity index (χ1n) is 9.97. The summed E-state index contributed by atoms with van der Waals surface area (Å²) in [5.41, 5.74) is 0.584. The number of rotatable bonds is 10. The van der Waals surface area contributed by atoms with Gasteiger partial charge in [-0.05, 0) is 45.3 Å². The SMILES string of the molecule is CCOc1cccc(CNC(=NC)NCC(CC)N2CCCC2)c1OC(F)F.I. The highest BCUT2D eigenvalue weighted by molar-refractivity contribution is 14.0. The van der Waals surface area contributed by atoms with Gasteiger partial charge in [0.05, 0.1) is 6.61 Å². The summed E-state index contributed by atoms with van der Waals surface area (Å²) < 4.78 is 35.8. The molecular weight excluding hydrogens is 493 g/mol. The van der Waals surface area contributed by atoms with E-state index in [-0.39, 0.29) is 29.7 Å². The van der Waals surface area contributed by atoms with E-state index in [0.717, 1.165) is 26.1 Å². The van der Waals surface area contributed by atoms with Crippen LogP contribution in [0.15, 0.2) is 23.2 Å². The molecule has 1 saturated heterocycles. The van der Waals surface area contributed by atoms with Crippen molar-refractivity contribution in [3.63, 3.8) is 0 Å². The second-order valence-electron chi connectivity index (χ2n) is 6.67. The van der Waals surface area contributed by atoms with Crippen molar-refractivity contribution < 1.29 is 18.3 Å². The quantitative estimate of drug-likeness (QED) is 0.276. The van der Waals surface area contributed by atoms with Gasteiger partial charge in [-0.3, -0.25) is 9.89 Å². The first-order chi connectivity index (χ1) is 13.6. The largest absolute Gasteiger partial charge is 0.490 e. The number of nitrogens with one attached hydrogen (secondary N) is 2. The molecule has 0 bridgehead atoms. The second kappa shape index (κ2) is 13.8. The van der Waals surface area contributed by atoms with Gasteiger partial charge in [0, 0.05) is 31.7 Å². The second-order valence-corrected chi connectivity index (χ2v) is 6.67. The molecule has 1 aliphatic rings. The zero-order valence-corrected chi connectivity index (χ0v) is 19.7. The first-order valence-corrected chi connectivity index (χ1v) is 9.97. The highest BCUT2D eigenvalue weighted by atomic mass is 127. The fourth-order valence-corrected chi connectivity index (χ4v) is 3.44. The lowest BCUT2D eigenvalue weighted by Crippen LogP contribution is -2.46. The molecule has 1 unspecified atom stereocenters. The van der Waals surface area contributed by atoms with Crippen LogP contribution < -0.4 is 20.1 Å². The molecule has 166 valence electrons. The molecule has 6 nitrogen and oxygen atoms in total. The van der Waals surface area contributed by atoms with E-state index < -0.39 is 6.61 Å². The van der Waals surface area contributed by atoms with Crippen molar-refractivity contribution in [2.24, 2.45) is 4.99 Å². The lowest BCUT2D eigenvalue weighted by Gasteiger charge is -2.27. The van der Waals surface area contributed by atoms with Gasteiger partial charge in [-0.25, -0.2) is 0 Å². The number of hydrogen-bond acceptors (Lipinski definition) is 4. The number of guanidine groups is 1. The first kappa shape index (κ1) is 25.7. The number of halogens is 3. The summed E-state index contributed by atoms with van der Waals surface area (Å²) in [7, 11) is 1.69. The lowest BCUT2D eigenvalue weighted by molar-refractivity contribution is -0.0520. The van der Waals surface area contributed by atoms with Crippen molar-refractivity contribution in [3.05, 3.63) is 23.8 Å². The van der Waals surface area contributed by atoms with Gasteiger partial charge in [0.2, 0.25) is 0 Å². The molecule has 0 radical (unpaired) electrons. The number of hydrogen-bond donors (Lipinski definition) is 2. The zero-order valence-electron chi connectivity index (χ0n) is 17.4. The number of benzene rings is 1. The van der Waals surface area contributed by atoms with Gasteiger partial charge in [0.25, 0.3) is 0 Å². The van der Waals surface area contributed by atoms with E-state index in [0.29, 0.717) is 36.5 Å². The van der Waals surface area contributed by atoms with E-state index in [4.69, 9.17) is 9.47 Å². The monoisotopic (exact) mass is 526 g/mol. The van der Waals surface area contributed by atoms with Crippen molar-refractivity contribution in [2.45, 2.75) is 52.3 Å². The fourth-order valence-electron chi connectivity index (χ4n) is 3.44. The minimum absolute atomic E-state index is 0. The van der Waals surface area contributed by atoms with Crippen molar-refractivity contribution in [1.29, 1.82) is 0 Å². The maximum absolute atomic E-state index is 12.8. The predicted octanol–water partition coefficient (Wildman–Crippen LogP) is 3.84. The Balaban J connectivity index is 0.00000420. The van der Waals surface area contributed by atoms with E-state index in [1.165, 1.54) is 12.8 Å². The lowest BCUT2D eigenvalue weighted by atomic mass is 10.2. The summed E-state index contributed by atoms with van der Waals surface area (Å²) in [6.07, 6.45) is 3.58. The molecule has 0 spiro atoms. The summed E-state index contributed by atoms with van der Waals surface area (Å²) in [6, 6.07) is 5.58. The third kappa shape index (κ3) is 8.12. The molecular formula is C20H33F2IN4O2. The number of nitrogens with zero attached hydrogens (tertiary/aromatic N) is 2. The summed E-state index contributed by atoms with van der Waals surface area (Å²) in [5.74, 6) is 0.999. The van der Waals surface area contributed by atoms with Gasteiger partial charge in [-0.1, -0.05) is 19.1 Å². The number of alkyl halides is 2. The van der Waals surface area contributed by atoms with Gasteiger partial charge >= 0.3 is 6.61 Å². The van der Waals surface area contributed by atoms with Crippen LogP contribution in [0.3, 0.4) is 0 Å². The number of ether oxygens (including phenoxy) is 2. The van der Waals surface area contributed by atoms with Crippen LogP contribution in [0.5, 0.6) is 11.5 Å². The Hall–Kier alpha value is -1.36. The Morgan fingerprint density at radius 1 is 1.21 bits per heavy atom. The van der Waals surface area contributed by atoms with E-state index in [1.54, 1.807) is 32.2 Å². The molecule has 1 fully saturated rings. The van der Waals surface area contributed by atoms with Crippen LogP contribution >= 0.6 is 24.0 Å². The summed E-state index contributed by atoms with van der Waals surface area (Å²) in [5, 5.41) is 6.52. The molecule has 2 N–H and O–H groups in total. The minimum atomic E-state index is -2.91. The average molecular weight is 526 g/mol. The molecule has 0 amide bonds. The molecule has 1 atom stereocenters. The van der Waals surface area contributed by atoms with E-state index >= 15 is 0 Å². The number of para-hydroxylation sites is 1. The van der Waals surface area contributed by atoms with Crippen molar-refractivity contribution in [3.8, 4) is 11.5 Å². The summed E-state index contributed by atoms with van der Waals surface area (Å²) in [4.78, 5) is 6.74. The molecule has 9 heteroatoms. The Morgan fingerprint density at radius 2 is 1.93 bits per heavy atom. The number of likely N-dealkylation sites (tertiary alicyclic amines) is 1. The average Bonchev–Trinajstić information content (AvgIpc) is 3.21. The predicted molar refractivity (Wildman–Crippen MR) is 123 cm³/mol. The zero-order chi connectivity index (χ0) is 20.4. The molecule has 2 rings (SSSR count). The summed E-state index contributed by atoms with van der Waals surface area (Å²) in [6.45, 7) is 4.81. The van der Waals surface area contributed by atoms with Crippen LogP contribution in [0.25, 0.3) is 0 Å². The van der Waals surface area contributed by atoms with Crippen LogP contribution in [0.2, 0.25) is 0 Å². The highest BCUT2D eigenvalue weighted by Crippen LogP contribution is 2.32. The van der Waals surface area contributed by atoms with Crippen molar-refractivity contribution in [1.82, 2.24) is 15.5 Å². The third-order valence-electron chi connectivity index (χ3n) is 4.87. The molecule has 1 aromatic rings. The molecule has 1 aromatic carbocycles. The Morgan fingerprint density at radius 3 is 2.52 bits per heavy atom. The number of aliphatic imine (C=N–C) groups is 1. The Labute approximate surface area is 189 Å². The molecule has 1 aliphatic heterocycles. The van der Waals surface area contributed by atoms with E-state index in [2.05, 4.69) is 27.4 Å². The molecule has 0 saturated carbocycles. The molecule has 0 aliphatic carbocycles. The van der Waals surface area contributed by atoms with Crippen molar-refractivity contribution in [2.75, 3.05) is 33.3 Å². The normalized spacial score (nSPS) is 15.7. The topological polar surface area (TPSA) is 58.1 Å². The summed E-state index contributed by atoms with van der Waals surface area (Å²) >= 11 is 0. The Kier molecular flexibility index (Phi) is 12.2. The third-order valence-corrected chi connectivity index (χ3v) is 4.87. The van der Waals surface area contributed by atoms with Crippen LogP contribution in [0, 0.1) is 0 Å². The van der Waals surface area contributed by atoms with Gasteiger partial charge in [-0.15, -0.1) is 24.0 Å². The van der Waals surface area contributed by atoms with Crippen LogP contribution in [0.4, 0.5) is 8.78 Å². The van der Waals surface area contributed by atoms with E-state index in [1.807, 2.05) is 0 Å². The molecule has 29 heavy (non-hydrogen) atoms. The van der Waals surface area contributed by atoms with Gasteiger partial charge in [0.15, 0.2) is 17.5 Å². The van der Waals surface area contributed by atoms with Gasteiger partial charge in [-0.2, -0.15) is 8.78 Å². The van der Waals surface area contributed by atoms with Gasteiger partial charge in [0.1, 0.15) is 0 Å². The maximum Gasteiger partial charge on any atom is 0.387 e. The maximum atomic E-state index is 12.8. The standard InChI is InChI=1S/C20H32F2N4O2.HI/c1-4-16(26-11-6-7-12-26)14-25-20(23-3)24-13-15-9-8-10-17(27-5-2)18(15)28-19(21)22;/h8-10,16,19H,4-7,11-14H2,1-3H3,(H2,23,24,25);1H. The molecule has 1 heterocycles. The Bertz CT molecular complexity index is 628. The minimum Gasteiger partial charge on any atom is -0.490 e.